The molecule has 0 aliphatic carbocycles. The Labute approximate surface area is 173 Å². The van der Waals surface area contributed by atoms with Crippen LogP contribution in [0.4, 0.5) is 5.69 Å². The molecule has 0 fully saturated rings. The second-order valence-corrected chi connectivity index (χ2v) is 5.92. The summed E-state index contributed by atoms with van der Waals surface area (Å²) in [6.07, 6.45) is 6.40. The van der Waals surface area contributed by atoms with Crippen LogP contribution in [0, 0.1) is 18.3 Å². The fourth-order valence-corrected chi connectivity index (χ4v) is 1.94. The number of aliphatic imine (C=N–C) groups is 1. The van der Waals surface area contributed by atoms with Gasteiger partial charge in [0.1, 0.15) is 0 Å². The third kappa shape index (κ3) is 10.9. The van der Waals surface area contributed by atoms with Gasteiger partial charge in [-0.2, -0.15) is 0 Å². The van der Waals surface area contributed by atoms with Crippen LogP contribution in [-0.2, 0) is 9.53 Å². The van der Waals surface area contributed by atoms with Gasteiger partial charge in [-0.1, -0.05) is 25.8 Å². The van der Waals surface area contributed by atoms with E-state index >= 15 is 0 Å². The number of carbonyl (C=O) groups excluding carboxylic acids is 1. The maximum Gasteiger partial charge on any atom is 0.243 e. The highest BCUT2D eigenvalue weighted by molar-refractivity contribution is 14.0. The quantitative estimate of drug-likeness (QED) is 0.170. The van der Waals surface area contributed by atoms with E-state index in [4.69, 9.17) is 11.2 Å². The molecule has 0 aliphatic heterocycles. The maximum absolute atomic E-state index is 12.0. The van der Waals surface area contributed by atoms with E-state index in [2.05, 4.69) is 40.7 Å². The molecule has 6 nitrogen and oxygen atoms in total. The van der Waals surface area contributed by atoms with Crippen molar-refractivity contribution in [2.45, 2.75) is 20.3 Å². The highest BCUT2D eigenvalue weighted by Gasteiger charge is 2.04. The molecule has 1 aromatic rings. The van der Waals surface area contributed by atoms with Crippen molar-refractivity contribution in [3.05, 3.63) is 29.8 Å². The number of carbonyl (C=O) groups is 1. The van der Waals surface area contributed by atoms with Gasteiger partial charge in [-0.15, -0.1) is 30.4 Å². The summed E-state index contributed by atoms with van der Waals surface area (Å²) in [5.74, 6) is 3.56. The number of guanidine groups is 1. The van der Waals surface area contributed by atoms with Crippen LogP contribution in [0.3, 0.4) is 0 Å². The Hall–Kier alpha value is -1.79. The summed E-state index contributed by atoms with van der Waals surface area (Å²) in [5.41, 5.74) is 1.39. The number of nitrogens with one attached hydrogen (secondary N) is 3. The van der Waals surface area contributed by atoms with E-state index in [9.17, 15) is 4.79 Å². The minimum absolute atomic E-state index is 0. The highest BCUT2D eigenvalue weighted by atomic mass is 127. The summed E-state index contributed by atoms with van der Waals surface area (Å²) in [6, 6.07) is 7.15. The predicted octanol–water partition coefficient (Wildman–Crippen LogP) is 2.45. The van der Waals surface area contributed by atoms with Gasteiger partial charge in [0.25, 0.3) is 0 Å². The van der Waals surface area contributed by atoms with Gasteiger partial charge in [-0.05, 0) is 30.5 Å². The summed E-state index contributed by atoms with van der Waals surface area (Å²) < 4.78 is 5.53. The standard InChI is InChI=1S/C19H28N4O2.HI/c1-5-16-7-6-8-17(13-16)23-18(24)14-22-19(20-4)21-10-12-25-11-9-15(2)3;/h1,6-8,13,15H,9-12,14H2,2-4H3,(H,23,24)(H2,20,21,22);1H. The van der Waals surface area contributed by atoms with Crippen LogP contribution >= 0.6 is 24.0 Å². The van der Waals surface area contributed by atoms with E-state index < -0.39 is 0 Å². The molecule has 0 aliphatic rings. The number of benzene rings is 1. The highest BCUT2D eigenvalue weighted by Crippen LogP contribution is 2.09. The molecule has 0 heterocycles. The zero-order valence-corrected chi connectivity index (χ0v) is 18.0. The molecule has 0 spiro atoms. The molecule has 1 amide bonds. The van der Waals surface area contributed by atoms with Gasteiger partial charge in [0.15, 0.2) is 5.96 Å². The number of terminal acetylenes is 1. The van der Waals surface area contributed by atoms with Crippen LogP contribution in [0.2, 0.25) is 0 Å². The number of amides is 1. The zero-order valence-electron chi connectivity index (χ0n) is 15.7. The second kappa shape index (κ2) is 14.4. The lowest BCUT2D eigenvalue weighted by atomic mass is 10.1. The Kier molecular flexibility index (Phi) is 13.4. The van der Waals surface area contributed by atoms with Crippen LogP contribution < -0.4 is 16.0 Å². The topological polar surface area (TPSA) is 74.8 Å². The first kappa shape index (κ1) is 24.2. The average molecular weight is 472 g/mol. The lowest BCUT2D eigenvalue weighted by Crippen LogP contribution is -2.42. The Morgan fingerprint density at radius 1 is 1.31 bits per heavy atom. The number of hydrogen-bond acceptors (Lipinski definition) is 3. The summed E-state index contributed by atoms with van der Waals surface area (Å²) >= 11 is 0. The van der Waals surface area contributed by atoms with Crippen LogP contribution in [0.1, 0.15) is 25.8 Å². The minimum Gasteiger partial charge on any atom is -0.380 e. The molecule has 26 heavy (non-hydrogen) atoms. The lowest BCUT2D eigenvalue weighted by Gasteiger charge is -2.12. The fourth-order valence-electron chi connectivity index (χ4n) is 1.94. The van der Waals surface area contributed by atoms with Crippen molar-refractivity contribution in [2.75, 3.05) is 38.7 Å². The van der Waals surface area contributed by atoms with Crippen LogP contribution in [-0.4, -0.2) is 45.2 Å². The van der Waals surface area contributed by atoms with Crippen molar-refractivity contribution >= 4 is 41.5 Å². The maximum atomic E-state index is 12.0. The van der Waals surface area contributed by atoms with E-state index in [0.717, 1.165) is 18.6 Å². The van der Waals surface area contributed by atoms with Crippen molar-refractivity contribution in [1.29, 1.82) is 0 Å². The normalized spacial score (nSPS) is 10.7. The van der Waals surface area contributed by atoms with E-state index in [0.29, 0.717) is 30.7 Å². The number of hydrogen-bond donors (Lipinski definition) is 3. The number of ether oxygens (including phenoxy) is 1. The summed E-state index contributed by atoms with van der Waals surface area (Å²) in [5, 5.41) is 8.85. The zero-order chi connectivity index (χ0) is 18.5. The van der Waals surface area contributed by atoms with Gasteiger partial charge in [0.2, 0.25) is 5.91 Å². The molecular formula is C19H29IN4O2. The molecule has 1 rings (SSSR count). The largest absolute Gasteiger partial charge is 0.380 e. The second-order valence-electron chi connectivity index (χ2n) is 5.92. The van der Waals surface area contributed by atoms with Crippen molar-refractivity contribution in [3.63, 3.8) is 0 Å². The molecule has 0 unspecified atom stereocenters. The molecule has 0 bridgehead atoms. The Morgan fingerprint density at radius 3 is 2.73 bits per heavy atom. The summed E-state index contributed by atoms with van der Waals surface area (Å²) in [4.78, 5) is 16.1. The van der Waals surface area contributed by atoms with Crippen LogP contribution in [0.5, 0.6) is 0 Å². The molecular weight excluding hydrogens is 443 g/mol. The monoisotopic (exact) mass is 472 g/mol. The number of nitrogens with zero attached hydrogens (tertiary/aromatic N) is 1. The Balaban J connectivity index is 0.00000625. The third-order valence-corrected chi connectivity index (χ3v) is 3.33. The first-order chi connectivity index (χ1) is 12.0. The van der Waals surface area contributed by atoms with Gasteiger partial charge in [-0.3, -0.25) is 9.79 Å². The molecule has 1 aromatic carbocycles. The SMILES string of the molecule is C#Cc1cccc(NC(=O)CNC(=NC)NCCOCCC(C)C)c1.I. The van der Waals surface area contributed by atoms with Gasteiger partial charge in [-0.25, -0.2) is 0 Å². The molecule has 0 radical (unpaired) electrons. The van der Waals surface area contributed by atoms with Crippen LogP contribution in [0.15, 0.2) is 29.3 Å². The molecule has 144 valence electrons. The van der Waals surface area contributed by atoms with Gasteiger partial charge in [0.05, 0.1) is 13.2 Å². The van der Waals surface area contributed by atoms with E-state index in [1.807, 2.05) is 6.07 Å². The van der Waals surface area contributed by atoms with Gasteiger partial charge >= 0.3 is 0 Å². The summed E-state index contributed by atoms with van der Waals surface area (Å²) in [7, 11) is 1.66. The predicted molar refractivity (Wildman–Crippen MR) is 118 cm³/mol. The van der Waals surface area contributed by atoms with Crippen molar-refractivity contribution in [1.82, 2.24) is 10.6 Å². The van der Waals surface area contributed by atoms with Crippen LogP contribution in [0.25, 0.3) is 0 Å². The number of rotatable bonds is 9. The van der Waals surface area contributed by atoms with E-state index in [1.165, 1.54) is 0 Å². The third-order valence-electron chi connectivity index (χ3n) is 3.33. The first-order valence-electron chi connectivity index (χ1n) is 8.44. The van der Waals surface area contributed by atoms with Crippen molar-refractivity contribution < 1.29 is 9.53 Å². The fraction of sp³-hybridized carbons (Fsp3) is 0.474. The molecule has 0 atom stereocenters. The Bertz CT molecular complexity index is 612. The van der Waals surface area contributed by atoms with Crippen molar-refractivity contribution in [2.24, 2.45) is 10.9 Å². The molecule has 0 saturated carbocycles. The smallest absolute Gasteiger partial charge is 0.243 e. The Morgan fingerprint density at radius 2 is 2.08 bits per heavy atom. The molecule has 0 saturated heterocycles. The van der Waals surface area contributed by atoms with Gasteiger partial charge in [0, 0.05) is 31.5 Å². The molecule has 7 heteroatoms. The lowest BCUT2D eigenvalue weighted by molar-refractivity contribution is -0.115. The number of anilines is 1. The van der Waals surface area contributed by atoms with Gasteiger partial charge < -0.3 is 20.7 Å². The first-order valence-corrected chi connectivity index (χ1v) is 8.44. The molecule has 0 aromatic heterocycles. The summed E-state index contributed by atoms with van der Waals surface area (Å²) in [6.45, 7) is 6.42. The minimum atomic E-state index is -0.176. The number of halogens is 1. The molecule has 3 N–H and O–H groups in total. The average Bonchev–Trinajstić information content (AvgIpc) is 2.60. The van der Waals surface area contributed by atoms with Crippen molar-refractivity contribution in [3.8, 4) is 12.3 Å². The van der Waals surface area contributed by atoms with E-state index in [-0.39, 0.29) is 36.4 Å². The van der Waals surface area contributed by atoms with E-state index in [1.54, 1.807) is 25.2 Å².